The van der Waals surface area contributed by atoms with Crippen LogP contribution in [0.2, 0.25) is 0 Å². The molecule has 1 heterocycles. The molecule has 0 fully saturated rings. The van der Waals surface area contributed by atoms with Crippen LogP contribution in [0.5, 0.6) is 0 Å². The van der Waals surface area contributed by atoms with Gasteiger partial charge < -0.3 is 35.4 Å². The number of aliphatic hydroxyl groups is 6. The predicted octanol–water partition coefficient (Wildman–Crippen LogP) is 6.02. The van der Waals surface area contributed by atoms with Crippen LogP contribution in [-0.2, 0) is 9.53 Å². The van der Waals surface area contributed by atoms with E-state index in [1.54, 1.807) is 13.0 Å². The fourth-order valence-electron chi connectivity index (χ4n) is 5.90. The number of esters is 1. The Labute approximate surface area is 261 Å². The van der Waals surface area contributed by atoms with Crippen LogP contribution in [0, 0.1) is 0 Å². The molecule has 0 aliphatic carbocycles. The molecule has 0 amide bonds. The van der Waals surface area contributed by atoms with Gasteiger partial charge in [0.2, 0.25) is 0 Å². The molecule has 3 unspecified atom stereocenters. The van der Waals surface area contributed by atoms with Crippen molar-refractivity contribution in [2.24, 2.45) is 0 Å². The third-order valence-electron chi connectivity index (χ3n) is 8.81. The number of hydrogen-bond donors (Lipinski definition) is 6. The topological polar surface area (TPSA) is 148 Å². The summed E-state index contributed by atoms with van der Waals surface area (Å²) in [7, 11) is 0. The van der Waals surface area contributed by atoms with Gasteiger partial charge >= 0.3 is 5.97 Å². The zero-order chi connectivity index (χ0) is 31.9. The van der Waals surface area contributed by atoms with E-state index < -0.39 is 36.6 Å². The van der Waals surface area contributed by atoms with Crippen LogP contribution < -0.4 is 0 Å². The highest BCUT2D eigenvalue weighted by atomic mass is 16.5. The van der Waals surface area contributed by atoms with Crippen LogP contribution in [0.3, 0.4) is 0 Å². The van der Waals surface area contributed by atoms with Crippen LogP contribution in [0.15, 0.2) is 11.6 Å². The van der Waals surface area contributed by atoms with Crippen molar-refractivity contribution < 1.29 is 40.2 Å². The molecule has 0 saturated carbocycles. The Kier molecular flexibility index (Phi) is 23.4. The van der Waals surface area contributed by atoms with Gasteiger partial charge in [-0.1, -0.05) is 103 Å². The highest BCUT2D eigenvalue weighted by molar-refractivity contribution is 5.90. The van der Waals surface area contributed by atoms with E-state index >= 15 is 0 Å². The third kappa shape index (κ3) is 20.6. The van der Waals surface area contributed by atoms with Gasteiger partial charge in [0, 0.05) is 12.0 Å². The minimum atomic E-state index is -0.932. The van der Waals surface area contributed by atoms with Gasteiger partial charge in [0.05, 0.1) is 36.6 Å². The number of unbranched alkanes of at least 4 members (excludes halogenated alkanes) is 12. The maximum atomic E-state index is 11.6. The minimum Gasteiger partial charge on any atom is -0.455 e. The number of aliphatic hydroxyl groups excluding tert-OH is 6. The number of hydrogen-bond acceptors (Lipinski definition) is 8. The van der Waals surface area contributed by atoms with E-state index in [2.05, 4.69) is 6.92 Å². The summed E-state index contributed by atoms with van der Waals surface area (Å²) < 4.78 is 5.05. The number of carbonyl (C=O) groups is 1. The van der Waals surface area contributed by atoms with Crippen molar-refractivity contribution in [2.45, 2.75) is 204 Å². The Bertz CT molecular complexity index is 714. The highest BCUT2D eigenvalue weighted by Crippen LogP contribution is 2.21. The number of ether oxygens (including phenoxy) is 1. The van der Waals surface area contributed by atoms with E-state index in [0.29, 0.717) is 50.5 Å². The number of rotatable bonds is 29. The van der Waals surface area contributed by atoms with E-state index in [1.165, 1.54) is 51.4 Å². The van der Waals surface area contributed by atoms with Crippen molar-refractivity contribution in [1.29, 1.82) is 0 Å². The first-order valence-electron chi connectivity index (χ1n) is 17.6. The fourth-order valence-corrected chi connectivity index (χ4v) is 5.90. The van der Waals surface area contributed by atoms with Gasteiger partial charge in [-0.2, -0.15) is 0 Å². The largest absolute Gasteiger partial charge is 0.455 e. The summed E-state index contributed by atoms with van der Waals surface area (Å²) in [5.41, 5.74) is 0.555. The van der Waals surface area contributed by atoms with E-state index in [4.69, 9.17) is 4.74 Å². The lowest BCUT2D eigenvalue weighted by Crippen LogP contribution is -2.31. The third-order valence-corrected chi connectivity index (χ3v) is 8.81. The van der Waals surface area contributed by atoms with Crippen LogP contribution in [0.25, 0.3) is 0 Å². The normalized spacial score (nSPS) is 19.5. The molecule has 0 aromatic rings. The molecular weight excluding hydrogens is 548 g/mol. The van der Waals surface area contributed by atoms with Gasteiger partial charge in [0.25, 0.3) is 0 Å². The summed E-state index contributed by atoms with van der Waals surface area (Å²) in [6.45, 7) is 4.03. The molecule has 8 nitrogen and oxygen atoms in total. The predicted molar refractivity (Wildman–Crippen MR) is 172 cm³/mol. The fraction of sp³-hybridized carbons (Fsp3) is 0.914. The summed E-state index contributed by atoms with van der Waals surface area (Å²) in [5.74, 6) is -0.333. The summed E-state index contributed by atoms with van der Waals surface area (Å²) in [6, 6.07) is 0. The highest BCUT2D eigenvalue weighted by Gasteiger charge is 2.24. The number of carbonyl (C=O) groups excluding carboxylic acids is 1. The van der Waals surface area contributed by atoms with E-state index in [0.717, 1.165) is 38.5 Å². The molecule has 1 rings (SSSR count). The monoisotopic (exact) mass is 614 g/mol. The molecule has 43 heavy (non-hydrogen) atoms. The Balaban J connectivity index is 1.99. The van der Waals surface area contributed by atoms with Gasteiger partial charge in [0.1, 0.15) is 6.10 Å². The molecule has 0 spiro atoms. The summed E-state index contributed by atoms with van der Waals surface area (Å²) in [4.78, 5) is 11.6. The molecular formula is C35H66O8. The quantitative estimate of drug-likeness (QED) is 0.0443. The lowest BCUT2D eigenvalue weighted by atomic mass is 9.96. The lowest BCUT2D eigenvalue weighted by molar-refractivity contribution is -0.139. The molecule has 0 aromatic heterocycles. The maximum Gasteiger partial charge on any atom is 0.334 e. The molecule has 6 N–H and O–H groups in total. The molecule has 1 aliphatic rings. The van der Waals surface area contributed by atoms with Crippen LogP contribution >= 0.6 is 0 Å². The van der Waals surface area contributed by atoms with Crippen molar-refractivity contribution in [3.05, 3.63) is 11.6 Å². The Morgan fingerprint density at radius 1 is 0.558 bits per heavy atom. The number of cyclic esters (lactones) is 1. The van der Waals surface area contributed by atoms with Crippen molar-refractivity contribution in [2.75, 3.05) is 0 Å². The van der Waals surface area contributed by atoms with Crippen molar-refractivity contribution in [3.63, 3.8) is 0 Å². The zero-order valence-corrected chi connectivity index (χ0v) is 27.4. The van der Waals surface area contributed by atoms with Gasteiger partial charge in [0.15, 0.2) is 0 Å². The van der Waals surface area contributed by atoms with Crippen molar-refractivity contribution >= 4 is 5.97 Å². The smallest absolute Gasteiger partial charge is 0.334 e. The van der Waals surface area contributed by atoms with E-state index in [9.17, 15) is 35.4 Å². The van der Waals surface area contributed by atoms with Gasteiger partial charge in [-0.3, -0.25) is 0 Å². The minimum absolute atomic E-state index is 0.215. The Morgan fingerprint density at radius 3 is 1.42 bits per heavy atom. The van der Waals surface area contributed by atoms with Crippen molar-refractivity contribution in [3.8, 4) is 0 Å². The molecule has 1 aliphatic heterocycles. The van der Waals surface area contributed by atoms with Gasteiger partial charge in [-0.25, -0.2) is 4.79 Å². The average molecular weight is 615 g/mol. The summed E-state index contributed by atoms with van der Waals surface area (Å²) >= 11 is 0. The molecule has 8 heteroatoms. The summed E-state index contributed by atoms with van der Waals surface area (Å²) in [6.07, 6.45) is 17.2. The molecule has 0 bridgehead atoms. The standard InChI is InChI=1S/C35H66O8/c1-3-4-5-6-7-8-9-10-11-15-21-31(38)33(40)23-24-34(41)32(39)22-17-16-19-29(36)18-13-12-14-20-30(37)26-28-25-27(2)43-35(28)42/h25,27,29-34,36-41H,3-24,26H2,1-2H3/t27?,29?,30?,31-,32+,33+,34-/m0/s1. The van der Waals surface area contributed by atoms with Crippen molar-refractivity contribution in [1.82, 2.24) is 0 Å². The van der Waals surface area contributed by atoms with E-state index in [-0.39, 0.29) is 24.9 Å². The summed E-state index contributed by atoms with van der Waals surface area (Å²) in [5, 5.41) is 61.5. The van der Waals surface area contributed by atoms with Crippen LogP contribution in [0.1, 0.15) is 162 Å². The first-order valence-corrected chi connectivity index (χ1v) is 17.6. The second-order valence-corrected chi connectivity index (χ2v) is 13.1. The molecule has 0 radical (unpaired) electrons. The van der Waals surface area contributed by atoms with Gasteiger partial charge in [-0.05, 0) is 57.9 Å². The van der Waals surface area contributed by atoms with Crippen LogP contribution in [-0.4, -0.2) is 79.3 Å². The SMILES string of the molecule is CCCCCCCCCCCC[C@H](O)[C@H](O)CC[C@H](O)[C@H](O)CCCCC(O)CCCCCC(O)CC1=CC(C)OC1=O. The molecule has 0 aromatic carbocycles. The molecule has 0 saturated heterocycles. The maximum absolute atomic E-state index is 11.6. The van der Waals surface area contributed by atoms with Gasteiger partial charge in [-0.15, -0.1) is 0 Å². The Morgan fingerprint density at radius 2 is 0.930 bits per heavy atom. The average Bonchev–Trinajstić information content (AvgIpc) is 3.29. The second-order valence-electron chi connectivity index (χ2n) is 13.1. The molecule has 7 atom stereocenters. The lowest BCUT2D eigenvalue weighted by Gasteiger charge is -2.22. The Hall–Kier alpha value is -1.03. The zero-order valence-electron chi connectivity index (χ0n) is 27.4. The first-order chi connectivity index (χ1) is 20.6. The second kappa shape index (κ2) is 25.2. The first kappa shape index (κ1) is 40.0. The molecule has 254 valence electrons. The van der Waals surface area contributed by atoms with Crippen LogP contribution in [0.4, 0.5) is 0 Å². The van der Waals surface area contributed by atoms with E-state index in [1.807, 2.05) is 0 Å².